The molecule has 24 heavy (non-hydrogen) atoms. The lowest BCUT2D eigenvalue weighted by Crippen LogP contribution is -2.46. The first-order valence-corrected chi connectivity index (χ1v) is 7.56. The van der Waals surface area contributed by atoms with Crippen LogP contribution in [0.3, 0.4) is 0 Å². The zero-order valence-electron chi connectivity index (χ0n) is 13.9. The average Bonchev–Trinajstić information content (AvgIpc) is 2.48. The van der Waals surface area contributed by atoms with Crippen molar-refractivity contribution in [3.63, 3.8) is 0 Å². The Morgan fingerprint density at radius 1 is 1.21 bits per heavy atom. The average molecular weight is 346 g/mol. The maximum Gasteiger partial charge on any atom is 0.326 e. The molecule has 10 nitrogen and oxygen atoms in total. The number of carboxylic acids is 2. The number of guanidine groups is 1. The molecule has 0 aromatic carbocycles. The van der Waals surface area contributed by atoms with Gasteiger partial charge in [-0.05, 0) is 18.8 Å². The van der Waals surface area contributed by atoms with Crippen LogP contribution in [0.2, 0.25) is 0 Å². The van der Waals surface area contributed by atoms with Crippen LogP contribution < -0.4 is 16.8 Å². The lowest BCUT2D eigenvalue weighted by Gasteiger charge is -2.15. The number of aliphatic carboxylic acids is 2. The number of aliphatic imine (C=N–C) groups is 1. The second-order valence-corrected chi connectivity index (χ2v) is 5.67. The summed E-state index contributed by atoms with van der Waals surface area (Å²) in [5, 5.41) is 20.1. The highest BCUT2D eigenvalue weighted by Crippen LogP contribution is 2.00. The van der Waals surface area contributed by atoms with Crippen LogP contribution in [-0.2, 0) is 19.1 Å². The molecule has 0 aliphatic heterocycles. The minimum Gasteiger partial charge on any atom is -0.480 e. The Bertz CT molecular complexity index is 466. The number of esters is 1. The maximum absolute atomic E-state index is 11.6. The molecule has 0 aromatic rings. The highest BCUT2D eigenvalue weighted by Gasteiger charge is 2.22. The quantitative estimate of drug-likeness (QED) is 0.137. The lowest BCUT2D eigenvalue weighted by molar-refractivity contribution is -0.150. The molecule has 0 bridgehead atoms. The Hall–Kier alpha value is -2.36. The highest BCUT2D eigenvalue weighted by atomic mass is 16.5. The van der Waals surface area contributed by atoms with Crippen LogP contribution in [0.1, 0.15) is 33.1 Å². The number of nitrogens with zero attached hydrogens (tertiary/aromatic N) is 1. The third kappa shape index (κ3) is 10.4. The summed E-state index contributed by atoms with van der Waals surface area (Å²) in [5.74, 6) is -3.01. The van der Waals surface area contributed by atoms with Gasteiger partial charge in [0, 0.05) is 6.54 Å². The Labute approximate surface area is 140 Å². The Morgan fingerprint density at radius 3 is 2.33 bits per heavy atom. The predicted molar refractivity (Wildman–Crippen MR) is 86.3 cm³/mol. The number of rotatable bonds is 11. The fraction of sp³-hybridized carbons (Fsp3) is 0.714. The standard InChI is InChI=1S/C14H26N4O6/c1-8(2)7-24-11(19)6-10(13(22)23)18-14(16)17-5-3-4-9(15)12(20)21/h8-10H,3-7,15H2,1-2H3,(H,20,21)(H,22,23)(H3,16,17,18). The first-order valence-electron chi connectivity index (χ1n) is 7.56. The normalized spacial score (nSPS) is 14.1. The third-order valence-electron chi connectivity index (χ3n) is 2.84. The van der Waals surface area contributed by atoms with Crippen molar-refractivity contribution in [1.29, 1.82) is 0 Å². The first kappa shape index (κ1) is 21.6. The lowest BCUT2D eigenvalue weighted by atomic mass is 10.2. The number of ether oxygens (including phenoxy) is 1. The number of nitrogens with one attached hydrogen (secondary N) is 1. The van der Waals surface area contributed by atoms with E-state index in [1.807, 2.05) is 13.8 Å². The molecule has 0 saturated carbocycles. The van der Waals surface area contributed by atoms with Gasteiger partial charge < -0.3 is 31.7 Å². The van der Waals surface area contributed by atoms with Crippen molar-refractivity contribution in [3.05, 3.63) is 0 Å². The van der Waals surface area contributed by atoms with Crippen molar-refractivity contribution >= 4 is 23.9 Å². The molecule has 0 aliphatic rings. The summed E-state index contributed by atoms with van der Waals surface area (Å²) in [4.78, 5) is 37.1. The second kappa shape index (κ2) is 11.2. The van der Waals surface area contributed by atoms with E-state index in [-0.39, 0.29) is 37.9 Å². The molecule has 2 atom stereocenters. The van der Waals surface area contributed by atoms with Crippen LogP contribution in [0.5, 0.6) is 0 Å². The van der Waals surface area contributed by atoms with E-state index in [4.69, 9.17) is 26.4 Å². The van der Waals surface area contributed by atoms with Gasteiger partial charge >= 0.3 is 17.9 Å². The van der Waals surface area contributed by atoms with Crippen molar-refractivity contribution in [1.82, 2.24) is 5.32 Å². The van der Waals surface area contributed by atoms with E-state index in [1.54, 1.807) is 0 Å². The molecule has 7 N–H and O–H groups in total. The molecule has 0 saturated heterocycles. The largest absolute Gasteiger partial charge is 0.480 e. The topological polar surface area (TPSA) is 177 Å². The predicted octanol–water partition coefficient (Wildman–Crippen LogP) is -0.875. The fourth-order valence-electron chi connectivity index (χ4n) is 1.54. The zero-order valence-corrected chi connectivity index (χ0v) is 13.9. The number of hydrogen-bond donors (Lipinski definition) is 5. The monoisotopic (exact) mass is 346 g/mol. The van der Waals surface area contributed by atoms with E-state index >= 15 is 0 Å². The summed E-state index contributed by atoms with van der Waals surface area (Å²) in [6.45, 7) is 4.12. The van der Waals surface area contributed by atoms with E-state index in [0.717, 1.165) is 0 Å². The van der Waals surface area contributed by atoms with Crippen LogP contribution in [0.15, 0.2) is 4.99 Å². The molecule has 138 valence electrons. The zero-order chi connectivity index (χ0) is 18.7. The summed E-state index contributed by atoms with van der Waals surface area (Å²) >= 11 is 0. The van der Waals surface area contributed by atoms with E-state index in [2.05, 4.69) is 10.3 Å². The second-order valence-electron chi connectivity index (χ2n) is 5.67. The number of nitrogens with two attached hydrogens (primary N) is 2. The van der Waals surface area contributed by atoms with Gasteiger partial charge in [0.1, 0.15) is 12.1 Å². The van der Waals surface area contributed by atoms with Crippen LogP contribution >= 0.6 is 0 Å². The van der Waals surface area contributed by atoms with Crippen molar-refractivity contribution in [3.8, 4) is 0 Å². The number of carbonyl (C=O) groups is 3. The van der Waals surface area contributed by atoms with Gasteiger partial charge in [-0.25, -0.2) is 4.79 Å². The Morgan fingerprint density at radius 2 is 1.83 bits per heavy atom. The van der Waals surface area contributed by atoms with Gasteiger partial charge in [0.2, 0.25) is 0 Å². The highest BCUT2D eigenvalue weighted by molar-refractivity contribution is 5.87. The summed E-state index contributed by atoms with van der Waals surface area (Å²) in [6, 6.07) is -2.23. The first-order chi connectivity index (χ1) is 11.1. The maximum atomic E-state index is 11.6. The molecule has 0 aromatic heterocycles. The van der Waals surface area contributed by atoms with E-state index in [1.165, 1.54) is 0 Å². The Balaban J connectivity index is 4.34. The van der Waals surface area contributed by atoms with Gasteiger partial charge in [0.15, 0.2) is 5.96 Å². The van der Waals surface area contributed by atoms with Gasteiger partial charge in [-0.3, -0.25) is 14.6 Å². The van der Waals surface area contributed by atoms with Crippen LogP contribution in [-0.4, -0.2) is 59.3 Å². The molecule has 0 spiro atoms. The minimum atomic E-state index is -1.26. The molecule has 0 radical (unpaired) electrons. The van der Waals surface area contributed by atoms with Gasteiger partial charge in [0.05, 0.1) is 13.0 Å². The third-order valence-corrected chi connectivity index (χ3v) is 2.84. The summed E-state index contributed by atoms with van der Waals surface area (Å²) in [6.07, 6.45) is 0.210. The van der Waals surface area contributed by atoms with Crippen molar-refractivity contribution in [2.75, 3.05) is 13.2 Å². The van der Waals surface area contributed by atoms with E-state index in [0.29, 0.717) is 6.42 Å². The molecular weight excluding hydrogens is 320 g/mol. The molecule has 0 rings (SSSR count). The Kier molecular flexibility index (Phi) is 10.1. The van der Waals surface area contributed by atoms with Gasteiger partial charge in [-0.1, -0.05) is 13.8 Å². The molecule has 0 heterocycles. The van der Waals surface area contributed by atoms with Gasteiger partial charge in [-0.2, -0.15) is 0 Å². The molecule has 0 fully saturated rings. The number of carboxylic acid groups (broad SMARTS) is 2. The van der Waals surface area contributed by atoms with Crippen LogP contribution in [0, 0.1) is 5.92 Å². The molecule has 0 amide bonds. The smallest absolute Gasteiger partial charge is 0.326 e. The SMILES string of the molecule is CC(C)COC(=O)CC(NC(N)=NCCCC(N)C(=O)O)C(=O)O. The van der Waals surface area contributed by atoms with E-state index in [9.17, 15) is 14.4 Å². The molecule has 10 heteroatoms. The molecule has 0 aliphatic carbocycles. The minimum absolute atomic E-state index is 0.147. The number of carbonyl (C=O) groups excluding carboxylic acids is 1. The summed E-state index contributed by atoms with van der Waals surface area (Å²) < 4.78 is 4.92. The summed E-state index contributed by atoms with van der Waals surface area (Å²) in [7, 11) is 0. The van der Waals surface area contributed by atoms with Crippen molar-refractivity contribution < 1.29 is 29.3 Å². The fourth-order valence-corrected chi connectivity index (χ4v) is 1.54. The van der Waals surface area contributed by atoms with Crippen molar-refractivity contribution in [2.24, 2.45) is 22.4 Å². The molecular formula is C14H26N4O6. The van der Waals surface area contributed by atoms with Gasteiger partial charge in [0.25, 0.3) is 0 Å². The molecule has 2 unspecified atom stereocenters. The van der Waals surface area contributed by atoms with Crippen LogP contribution in [0.25, 0.3) is 0 Å². The van der Waals surface area contributed by atoms with Gasteiger partial charge in [-0.15, -0.1) is 0 Å². The number of hydrogen-bond acceptors (Lipinski definition) is 6. The van der Waals surface area contributed by atoms with Crippen molar-refractivity contribution in [2.45, 2.75) is 45.2 Å². The van der Waals surface area contributed by atoms with E-state index < -0.39 is 30.0 Å². The summed E-state index contributed by atoms with van der Waals surface area (Å²) in [5.41, 5.74) is 10.9. The van der Waals surface area contributed by atoms with Crippen LogP contribution in [0.4, 0.5) is 0 Å².